The highest BCUT2D eigenvalue weighted by molar-refractivity contribution is 7.10. The smallest absolute Gasteiger partial charge is 0.0455 e. The molecule has 1 rings (SSSR count). The van der Waals surface area contributed by atoms with E-state index in [2.05, 4.69) is 19.2 Å². The van der Waals surface area contributed by atoms with Crippen molar-refractivity contribution in [1.29, 1.82) is 0 Å². The lowest BCUT2D eigenvalue weighted by Gasteiger charge is -1.98. The Labute approximate surface area is 78.6 Å². The molecule has 0 spiro atoms. The summed E-state index contributed by atoms with van der Waals surface area (Å²) in [5, 5.41) is 2.05. The van der Waals surface area contributed by atoms with Gasteiger partial charge in [-0.2, -0.15) is 0 Å². The van der Waals surface area contributed by atoms with Gasteiger partial charge in [-0.25, -0.2) is 0 Å². The van der Waals surface area contributed by atoms with Crippen molar-refractivity contribution < 1.29 is 0 Å². The molecular formula is C10H17NS. The largest absolute Gasteiger partial charge is 0.398 e. The van der Waals surface area contributed by atoms with Crippen molar-refractivity contribution in [2.75, 3.05) is 5.73 Å². The highest BCUT2D eigenvalue weighted by Crippen LogP contribution is 2.25. The van der Waals surface area contributed by atoms with Crippen molar-refractivity contribution >= 4 is 17.0 Å². The second-order valence-electron chi connectivity index (χ2n) is 3.20. The van der Waals surface area contributed by atoms with Crippen molar-refractivity contribution in [2.45, 2.75) is 39.5 Å². The molecule has 0 saturated carbocycles. The van der Waals surface area contributed by atoms with E-state index in [0.29, 0.717) is 0 Å². The lowest BCUT2D eigenvalue weighted by Crippen LogP contribution is -1.87. The van der Waals surface area contributed by atoms with Crippen LogP contribution in [0.15, 0.2) is 5.38 Å². The third-order valence-electron chi connectivity index (χ3n) is 2.19. The first-order chi connectivity index (χ1) is 5.75. The minimum Gasteiger partial charge on any atom is -0.398 e. The summed E-state index contributed by atoms with van der Waals surface area (Å²) in [6.45, 7) is 4.35. The van der Waals surface area contributed by atoms with E-state index >= 15 is 0 Å². The zero-order chi connectivity index (χ0) is 8.97. The Kier molecular flexibility index (Phi) is 3.60. The molecule has 0 aromatic carbocycles. The quantitative estimate of drug-likeness (QED) is 0.712. The maximum atomic E-state index is 5.76. The van der Waals surface area contributed by atoms with Gasteiger partial charge >= 0.3 is 0 Å². The number of aryl methyl sites for hydroxylation is 1. The van der Waals surface area contributed by atoms with Gasteiger partial charge in [-0.05, 0) is 25.3 Å². The third kappa shape index (κ3) is 2.24. The van der Waals surface area contributed by atoms with E-state index in [0.717, 1.165) is 5.69 Å². The molecular weight excluding hydrogens is 166 g/mol. The molecule has 0 fully saturated rings. The van der Waals surface area contributed by atoms with Gasteiger partial charge in [0.05, 0.1) is 0 Å². The van der Waals surface area contributed by atoms with Crippen LogP contribution in [0.4, 0.5) is 5.69 Å². The molecule has 12 heavy (non-hydrogen) atoms. The Morgan fingerprint density at radius 2 is 2.17 bits per heavy atom. The first kappa shape index (κ1) is 9.59. The minimum absolute atomic E-state index is 0.964. The summed E-state index contributed by atoms with van der Waals surface area (Å²) in [4.78, 5) is 1.47. The van der Waals surface area contributed by atoms with Gasteiger partial charge in [0.1, 0.15) is 0 Å². The number of thiophene rings is 1. The van der Waals surface area contributed by atoms with Crippen LogP contribution in [0.2, 0.25) is 0 Å². The van der Waals surface area contributed by atoms with Crippen LogP contribution in [0, 0.1) is 6.92 Å². The maximum Gasteiger partial charge on any atom is 0.0455 e. The second-order valence-corrected chi connectivity index (χ2v) is 4.16. The molecule has 68 valence electrons. The SMILES string of the molecule is CCCCCc1scc(N)c1C. The van der Waals surface area contributed by atoms with Gasteiger partial charge in [0.15, 0.2) is 0 Å². The Balaban J connectivity index is 2.46. The van der Waals surface area contributed by atoms with Crippen LogP contribution in [0.25, 0.3) is 0 Å². The summed E-state index contributed by atoms with van der Waals surface area (Å²) in [5.74, 6) is 0. The van der Waals surface area contributed by atoms with E-state index in [1.807, 2.05) is 0 Å². The summed E-state index contributed by atoms with van der Waals surface area (Å²) in [6.07, 6.45) is 5.13. The van der Waals surface area contributed by atoms with Crippen LogP contribution >= 0.6 is 11.3 Å². The van der Waals surface area contributed by atoms with E-state index in [4.69, 9.17) is 5.73 Å². The summed E-state index contributed by atoms with van der Waals surface area (Å²) in [5.41, 5.74) is 8.02. The molecule has 0 atom stereocenters. The van der Waals surface area contributed by atoms with E-state index < -0.39 is 0 Å². The Morgan fingerprint density at radius 3 is 2.67 bits per heavy atom. The van der Waals surface area contributed by atoms with Crippen molar-refractivity contribution in [2.24, 2.45) is 0 Å². The average molecular weight is 183 g/mol. The molecule has 0 radical (unpaired) electrons. The summed E-state index contributed by atoms with van der Waals surface area (Å²) in [7, 11) is 0. The van der Waals surface area contributed by atoms with E-state index in [1.165, 1.54) is 36.1 Å². The number of anilines is 1. The number of rotatable bonds is 4. The number of hydrogen-bond acceptors (Lipinski definition) is 2. The van der Waals surface area contributed by atoms with Crippen molar-refractivity contribution in [3.8, 4) is 0 Å². The normalized spacial score (nSPS) is 10.5. The monoisotopic (exact) mass is 183 g/mol. The Hall–Kier alpha value is -0.500. The molecule has 0 aliphatic carbocycles. The lowest BCUT2D eigenvalue weighted by atomic mass is 10.1. The number of hydrogen-bond donors (Lipinski definition) is 1. The van der Waals surface area contributed by atoms with Crippen LogP contribution in [0.1, 0.15) is 36.6 Å². The molecule has 0 amide bonds. The summed E-state index contributed by atoms with van der Waals surface area (Å²) < 4.78 is 0. The molecule has 0 unspecified atom stereocenters. The van der Waals surface area contributed by atoms with Gasteiger partial charge < -0.3 is 5.73 Å². The average Bonchev–Trinajstić information content (AvgIpc) is 2.36. The predicted octanol–water partition coefficient (Wildman–Crippen LogP) is 3.37. The first-order valence-electron chi connectivity index (χ1n) is 4.58. The zero-order valence-corrected chi connectivity index (χ0v) is 8.71. The van der Waals surface area contributed by atoms with Crippen molar-refractivity contribution in [1.82, 2.24) is 0 Å². The van der Waals surface area contributed by atoms with E-state index in [9.17, 15) is 0 Å². The molecule has 1 aromatic heterocycles. The van der Waals surface area contributed by atoms with Crippen molar-refractivity contribution in [3.05, 3.63) is 15.8 Å². The standard InChI is InChI=1S/C10H17NS/c1-3-4-5-6-10-8(2)9(11)7-12-10/h7H,3-6,11H2,1-2H3. The molecule has 0 saturated heterocycles. The molecule has 0 aliphatic rings. The topological polar surface area (TPSA) is 26.0 Å². The molecule has 0 aliphatic heterocycles. The third-order valence-corrected chi connectivity index (χ3v) is 3.35. The van der Waals surface area contributed by atoms with Gasteiger partial charge in [-0.1, -0.05) is 19.8 Å². The fourth-order valence-electron chi connectivity index (χ4n) is 1.25. The van der Waals surface area contributed by atoms with Gasteiger partial charge in [-0.15, -0.1) is 11.3 Å². The maximum absolute atomic E-state index is 5.76. The lowest BCUT2D eigenvalue weighted by molar-refractivity contribution is 0.721. The highest BCUT2D eigenvalue weighted by atomic mass is 32.1. The molecule has 2 heteroatoms. The molecule has 2 N–H and O–H groups in total. The molecule has 1 heterocycles. The fraction of sp³-hybridized carbons (Fsp3) is 0.600. The summed E-state index contributed by atoms with van der Waals surface area (Å²) >= 11 is 1.80. The van der Waals surface area contributed by atoms with Crippen LogP contribution < -0.4 is 5.73 Å². The highest BCUT2D eigenvalue weighted by Gasteiger charge is 2.03. The minimum atomic E-state index is 0.964. The van der Waals surface area contributed by atoms with Crippen LogP contribution in [0.5, 0.6) is 0 Å². The Bertz CT molecular complexity index is 240. The zero-order valence-electron chi connectivity index (χ0n) is 7.89. The van der Waals surface area contributed by atoms with Gasteiger partial charge in [-0.3, -0.25) is 0 Å². The number of nitrogens with two attached hydrogens (primary N) is 1. The van der Waals surface area contributed by atoms with Gasteiger partial charge in [0, 0.05) is 15.9 Å². The van der Waals surface area contributed by atoms with Crippen molar-refractivity contribution in [3.63, 3.8) is 0 Å². The van der Waals surface area contributed by atoms with E-state index in [-0.39, 0.29) is 0 Å². The predicted molar refractivity (Wildman–Crippen MR) is 56.7 cm³/mol. The molecule has 0 bridgehead atoms. The molecule has 1 aromatic rings. The summed E-state index contributed by atoms with van der Waals surface area (Å²) in [6, 6.07) is 0. The van der Waals surface area contributed by atoms with Crippen LogP contribution in [-0.2, 0) is 6.42 Å². The fourth-order valence-corrected chi connectivity index (χ4v) is 2.26. The molecule has 1 nitrogen and oxygen atoms in total. The second kappa shape index (κ2) is 4.51. The first-order valence-corrected chi connectivity index (χ1v) is 5.46. The van der Waals surface area contributed by atoms with Gasteiger partial charge in [0.25, 0.3) is 0 Å². The van der Waals surface area contributed by atoms with Crippen LogP contribution in [-0.4, -0.2) is 0 Å². The Morgan fingerprint density at radius 1 is 1.42 bits per heavy atom. The van der Waals surface area contributed by atoms with Gasteiger partial charge in [0.2, 0.25) is 0 Å². The van der Waals surface area contributed by atoms with E-state index in [1.54, 1.807) is 11.3 Å². The number of nitrogen functional groups attached to an aromatic ring is 1. The number of unbranched alkanes of at least 4 members (excludes halogenated alkanes) is 2. The van der Waals surface area contributed by atoms with Crippen LogP contribution in [0.3, 0.4) is 0 Å².